The first-order valence-corrected chi connectivity index (χ1v) is 6.72. The highest BCUT2D eigenvalue weighted by molar-refractivity contribution is 5.95. The van der Waals surface area contributed by atoms with Gasteiger partial charge in [0.2, 0.25) is 0 Å². The van der Waals surface area contributed by atoms with Crippen LogP contribution in [0.1, 0.15) is 38.1 Å². The molecule has 2 N–H and O–H groups in total. The lowest BCUT2D eigenvalue weighted by Gasteiger charge is -2.24. The van der Waals surface area contributed by atoms with Crippen molar-refractivity contribution in [2.24, 2.45) is 0 Å². The van der Waals surface area contributed by atoms with Gasteiger partial charge in [0.15, 0.2) is 0 Å². The molecule has 1 aromatic carbocycles. The Morgan fingerprint density at radius 1 is 1.21 bits per heavy atom. The summed E-state index contributed by atoms with van der Waals surface area (Å²) in [5.41, 5.74) is 1.12. The van der Waals surface area contributed by atoms with E-state index < -0.39 is 5.54 Å². The molecule has 0 saturated heterocycles. The maximum Gasteiger partial charge on any atom is 0.251 e. The van der Waals surface area contributed by atoms with Crippen LogP contribution < -0.4 is 10.2 Å². The van der Waals surface area contributed by atoms with Gasteiger partial charge < -0.3 is 15.3 Å². The Labute approximate surface area is 115 Å². The van der Waals surface area contributed by atoms with Gasteiger partial charge in [0.1, 0.15) is 0 Å². The lowest BCUT2D eigenvalue weighted by atomic mass is 10.1. The normalized spacial score (nSPS) is 11.2. The number of rotatable bonds is 6. The predicted octanol–water partition coefficient (Wildman–Crippen LogP) is 2.03. The molecular weight excluding hydrogens is 240 g/mol. The number of nitrogens with zero attached hydrogens (tertiary/aromatic N) is 1. The fourth-order valence-electron chi connectivity index (χ4n) is 1.83. The van der Waals surface area contributed by atoms with Crippen molar-refractivity contribution in [3.8, 4) is 0 Å². The van der Waals surface area contributed by atoms with Crippen molar-refractivity contribution in [2.45, 2.75) is 33.2 Å². The van der Waals surface area contributed by atoms with Gasteiger partial charge in [0, 0.05) is 24.3 Å². The van der Waals surface area contributed by atoms with Crippen molar-refractivity contribution in [1.29, 1.82) is 0 Å². The molecular formula is C15H24N2O2. The Morgan fingerprint density at radius 2 is 1.74 bits per heavy atom. The molecule has 1 rings (SSSR count). The summed E-state index contributed by atoms with van der Waals surface area (Å²) in [6.45, 7) is 9.58. The van der Waals surface area contributed by atoms with Gasteiger partial charge in [0.05, 0.1) is 12.1 Å². The van der Waals surface area contributed by atoms with Crippen LogP contribution in [0, 0.1) is 0 Å². The van der Waals surface area contributed by atoms with E-state index in [1.165, 1.54) is 0 Å². The summed E-state index contributed by atoms with van der Waals surface area (Å²) < 4.78 is 0. The third-order valence-electron chi connectivity index (χ3n) is 3.11. The third-order valence-corrected chi connectivity index (χ3v) is 3.11. The number of aliphatic hydroxyl groups excluding tert-OH is 1. The molecule has 0 aliphatic heterocycles. The molecule has 0 saturated carbocycles. The first kappa shape index (κ1) is 15.5. The lowest BCUT2D eigenvalue weighted by molar-refractivity contribution is 0.0869. The number of carbonyl (C=O) groups is 1. The Kier molecular flexibility index (Phi) is 5.36. The van der Waals surface area contributed by atoms with Crippen molar-refractivity contribution in [3.63, 3.8) is 0 Å². The summed E-state index contributed by atoms with van der Waals surface area (Å²) in [5.74, 6) is -0.162. The number of hydrogen-bond acceptors (Lipinski definition) is 3. The minimum absolute atomic E-state index is 0.0870. The van der Waals surface area contributed by atoms with E-state index in [9.17, 15) is 4.79 Å². The van der Waals surface area contributed by atoms with Crippen LogP contribution in [-0.4, -0.2) is 36.2 Å². The van der Waals surface area contributed by atoms with E-state index in [0.29, 0.717) is 5.56 Å². The molecule has 0 spiro atoms. The smallest absolute Gasteiger partial charge is 0.251 e. The van der Waals surface area contributed by atoms with Crippen LogP contribution in [0.4, 0.5) is 5.69 Å². The van der Waals surface area contributed by atoms with Crippen LogP contribution in [0.3, 0.4) is 0 Å². The summed E-state index contributed by atoms with van der Waals surface area (Å²) in [6.07, 6.45) is 0. The van der Waals surface area contributed by atoms with E-state index in [4.69, 9.17) is 5.11 Å². The monoisotopic (exact) mass is 264 g/mol. The standard InChI is InChI=1S/C15H24N2O2/c1-5-17(6-2)13-9-7-12(8-10-13)14(19)16-15(3,4)11-18/h7-10,18H,5-6,11H2,1-4H3,(H,16,19). The van der Waals surface area contributed by atoms with Crippen molar-refractivity contribution in [3.05, 3.63) is 29.8 Å². The first-order chi connectivity index (χ1) is 8.93. The Balaban J connectivity index is 2.79. The van der Waals surface area contributed by atoms with Crippen molar-refractivity contribution in [1.82, 2.24) is 5.32 Å². The molecule has 4 nitrogen and oxygen atoms in total. The van der Waals surface area contributed by atoms with Gasteiger partial charge in [-0.25, -0.2) is 0 Å². The molecule has 0 atom stereocenters. The van der Waals surface area contributed by atoms with Crippen LogP contribution in [0.2, 0.25) is 0 Å². The zero-order chi connectivity index (χ0) is 14.5. The van der Waals surface area contributed by atoms with E-state index in [1.54, 1.807) is 13.8 Å². The van der Waals surface area contributed by atoms with Crippen molar-refractivity contribution >= 4 is 11.6 Å². The summed E-state index contributed by atoms with van der Waals surface area (Å²) in [5, 5.41) is 11.9. The van der Waals surface area contributed by atoms with Crippen LogP contribution in [-0.2, 0) is 0 Å². The van der Waals surface area contributed by atoms with E-state index in [-0.39, 0.29) is 12.5 Å². The van der Waals surface area contributed by atoms with Gasteiger partial charge in [-0.15, -0.1) is 0 Å². The first-order valence-electron chi connectivity index (χ1n) is 6.72. The van der Waals surface area contributed by atoms with Gasteiger partial charge in [-0.2, -0.15) is 0 Å². The average molecular weight is 264 g/mol. The quantitative estimate of drug-likeness (QED) is 0.826. The number of aliphatic hydroxyl groups is 1. The zero-order valence-electron chi connectivity index (χ0n) is 12.2. The number of anilines is 1. The van der Waals surface area contributed by atoms with Crippen LogP contribution in [0.15, 0.2) is 24.3 Å². The number of hydrogen-bond donors (Lipinski definition) is 2. The summed E-state index contributed by atoms with van der Waals surface area (Å²) in [7, 11) is 0. The minimum atomic E-state index is -0.603. The minimum Gasteiger partial charge on any atom is -0.394 e. The number of amides is 1. The topological polar surface area (TPSA) is 52.6 Å². The molecule has 0 radical (unpaired) electrons. The van der Waals surface area contributed by atoms with E-state index in [2.05, 4.69) is 24.1 Å². The molecule has 4 heteroatoms. The maximum atomic E-state index is 12.0. The highest BCUT2D eigenvalue weighted by Gasteiger charge is 2.19. The SMILES string of the molecule is CCN(CC)c1ccc(C(=O)NC(C)(C)CO)cc1. The van der Waals surface area contributed by atoms with Gasteiger partial charge >= 0.3 is 0 Å². The van der Waals surface area contributed by atoms with Gasteiger partial charge in [-0.05, 0) is 52.0 Å². The largest absolute Gasteiger partial charge is 0.394 e. The maximum absolute atomic E-state index is 12.0. The second-order valence-corrected chi connectivity index (χ2v) is 5.22. The molecule has 1 amide bonds. The fourth-order valence-corrected chi connectivity index (χ4v) is 1.83. The molecule has 1 aromatic rings. The summed E-state index contributed by atoms with van der Waals surface area (Å²) in [4.78, 5) is 14.2. The summed E-state index contributed by atoms with van der Waals surface area (Å²) in [6, 6.07) is 7.54. The highest BCUT2D eigenvalue weighted by Crippen LogP contribution is 2.15. The lowest BCUT2D eigenvalue weighted by Crippen LogP contribution is -2.46. The fraction of sp³-hybridized carbons (Fsp3) is 0.533. The third kappa shape index (κ3) is 4.24. The molecule has 0 aromatic heterocycles. The number of benzene rings is 1. The molecule has 0 bridgehead atoms. The second-order valence-electron chi connectivity index (χ2n) is 5.22. The molecule has 0 heterocycles. The predicted molar refractivity (Wildman–Crippen MR) is 78.6 cm³/mol. The molecule has 19 heavy (non-hydrogen) atoms. The van der Waals surface area contributed by atoms with E-state index in [1.807, 2.05) is 24.3 Å². The van der Waals surface area contributed by atoms with Gasteiger partial charge in [0.25, 0.3) is 5.91 Å². The van der Waals surface area contributed by atoms with Crippen molar-refractivity contribution < 1.29 is 9.90 Å². The Morgan fingerprint density at radius 3 is 2.16 bits per heavy atom. The van der Waals surface area contributed by atoms with E-state index in [0.717, 1.165) is 18.8 Å². The van der Waals surface area contributed by atoms with E-state index >= 15 is 0 Å². The van der Waals surface area contributed by atoms with Gasteiger partial charge in [-0.3, -0.25) is 4.79 Å². The molecule has 0 fully saturated rings. The highest BCUT2D eigenvalue weighted by atomic mass is 16.3. The molecule has 0 aliphatic carbocycles. The Hall–Kier alpha value is -1.55. The zero-order valence-corrected chi connectivity index (χ0v) is 12.2. The summed E-state index contributed by atoms with van der Waals surface area (Å²) >= 11 is 0. The van der Waals surface area contributed by atoms with Gasteiger partial charge in [-0.1, -0.05) is 0 Å². The van der Waals surface area contributed by atoms with Crippen LogP contribution in [0.5, 0.6) is 0 Å². The molecule has 0 aliphatic rings. The average Bonchev–Trinajstić information content (AvgIpc) is 2.40. The Bertz CT molecular complexity index is 409. The number of carbonyl (C=O) groups excluding carboxylic acids is 1. The van der Waals surface area contributed by atoms with Crippen LogP contribution in [0.25, 0.3) is 0 Å². The molecule has 106 valence electrons. The molecule has 0 unspecified atom stereocenters. The number of nitrogens with one attached hydrogen (secondary N) is 1. The van der Waals surface area contributed by atoms with Crippen LogP contribution >= 0.6 is 0 Å². The second kappa shape index (κ2) is 6.57. The van der Waals surface area contributed by atoms with Crippen molar-refractivity contribution in [2.75, 3.05) is 24.6 Å².